The minimum absolute atomic E-state index is 0.00234. The Kier molecular flexibility index (Phi) is 3.70. The van der Waals surface area contributed by atoms with Crippen LogP contribution in [0.1, 0.15) is 21.6 Å². The molecule has 1 heterocycles. The molecule has 0 aliphatic heterocycles. The second kappa shape index (κ2) is 5.29. The van der Waals surface area contributed by atoms with Gasteiger partial charge in [0, 0.05) is 12.2 Å². The zero-order valence-corrected chi connectivity index (χ0v) is 10.0. The molecule has 0 fully saturated rings. The van der Waals surface area contributed by atoms with Crippen LogP contribution in [0.25, 0.3) is 0 Å². The van der Waals surface area contributed by atoms with E-state index in [-0.39, 0.29) is 23.5 Å². The summed E-state index contributed by atoms with van der Waals surface area (Å²) in [6.07, 6.45) is -3.38. The Hall–Kier alpha value is -2.42. The van der Waals surface area contributed by atoms with Crippen molar-refractivity contribution in [1.29, 1.82) is 0 Å². The Labute approximate surface area is 111 Å². The van der Waals surface area contributed by atoms with Gasteiger partial charge in [-0.05, 0) is 17.7 Å². The lowest BCUT2D eigenvalue weighted by molar-refractivity contribution is -0.138. The Morgan fingerprint density at radius 2 is 2.15 bits per heavy atom. The molecule has 0 bridgehead atoms. The Morgan fingerprint density at radius 3 is 2.70 bits per heavy atom. The SMILES string of the molecule is NCc1ccc(NC(=O)c2cn[nH]n2)cc1C(F)(F)F. The molecule has 0 unspecified atom stereocenters. The molecule has 2 rings (SSSR count). The zero-order valence-electron chi connectivity index (χ0n) is 10.0. The molecule has 106 valence electrons. The van der Waals surface area contributed by atoms with Gasteiger partial charge in [0.25, 0.3) is 5.91 Å². The van der Waals surface area contributed by atoms with Crippen LogP contribution in [0.2, 0.25) is 0 Å². The normalized spacial score (nSPS) is 11.4. The number of nitrogens with one attached hydrogen (secondary N) is 2. The number of hydrogen-bond donors (Lipinski definition) is 3. The Bertz CT molecular complexity index is 609. The van der Waals surface area contributed by atoms with Crippen LogP contribution in [0.4, 0.5) is 18.9 Å². The van der Waals surface area contributed by atoms with E-state index in [0.717, 1.165) is 12.3 Å². The molecule has 20 heavy (non-hydrogen) atoms. The van der Waals surface area contributed by atoms with Crippen molar-refractivity contribution in [3.05, 3.63) is 41.2 Å². The lowest BCUT2D eigenvalue weighted by atomic mass is 10.1. The van der Waals surface area contributed by atoms with Crippen molar-refractivity contribution in [2.45, 2.75) is 12.7 Å². The van der Waals surface area contributed by atoms with E-state index in [9.17, 15) is 18.0 Å². The van der Waals surface area contributed by atoms with Crippen LogP contribution in [0, 0.1) is 0 Å². The maximum atomic E-state index is 12.8. The second-order valence-electron chi connectivity index (χ2n) is 3.88. The second-order valence-corrected chi connectivity index (χ2v) is 3.88. The fourth-order valence-electron chi connectivity index (χ4n) is 1.60. The lowest BCUT2D eigenvalue weighted by Gasteiger charge is -2.13. The van der Waals surface area contributed by atoms with Gasteiger partial charge in [-0.15, -0.1) is 0 Å². The van der Waals surface area contributed by atoms with Crippen molar-refractivity contribution < 1.29 is 18.0 Å². The quantitative estimate of drug-likeness (QED) is 0.796. The van der Waals surface area contributed by atoms with Crippen LogP contribution in [-0.4, -0.2) is 21.3 Å². The van der Waals surface area contributed by atoms with Crippen LogP contribution in [0.5, 0.6) is 0 Å². The number of carbonyl (C=O) groups excluding carboxylic acids is 1. The molecule has 0 aliphatic rings. The standard InChI is InChI=1S/C11H10F3N5O/c12-11(13,14)8-3-7(2-1-6(8)4-15)17-10(20)9-5-16-19-18-9/h1-3,5H,4,15H2,(H,17,20)(H,16,18,19). The fraction of sp³-hybridized carbons (Fsp3) is 0.182. The van der Waals surface area contributed by atoms with E-state index in [1.165, 1.54) is 12.1 Å². The van der Waals surface area contributed by atoms with Crippen molar-refractivity contribution in [2.75, 3.05) is 5.32 Å². The predicted molar refractivity (Wildman–Crippen MR) is 63.7 cm³/mol. The number of H-pyrrole nitrogens is 1. The molecule has 0 saturated heterocycles. The van der Waals surface area contributed by atoms with Crippen molar-refractivity contribution in [1.82, 2.24) is 15.4 Å². The van der Waals surface area contributed by atoms with Gasteiger partial charge in [0.15, 0.2) is 5.69 Å². The number of hydrogen-bond acceptors (Lipinski definition) is 4. The topological polar surface area (TPSA) is 96.7 Å². The third kappa shape index (κ3) is 2.94. The first kappa shape index (κ1) is 14.0. The van der Waals surface area contributed by atoms with Crippen LogP contribution in [0.3, 0.4) is 0 Å². The highest BCUT2D eigenvalue weighted by Crippen LogP contribution is 2.33. The number of aromatic nitrogens is 3. The van der Waals surface area contributed by atoms with Gasteiger partial charge in [-0.1, -0.05) is 6.07 Å². The maximum absolute atomic E-state index is 12.8. The number of alkyl halides is 3. The first-order chi connectivity index (χ1) is 9.41. The maximum Gasteiger partial charge on any atom is 0.416 e. The molecule has 9 heteroatoms. The predicted octanol–water partition coefficient (Wildman–Crippen LogP) is 1.53. The minimum Gasteiger partial charge on any atom is -0.326 e. The summed E-state index contributed by atoms with van der Waals surface area (Å²) < 4.78 is 38.5. The lowest BCUT2D eigenvalue weighted by Crippen LogP contribution is -2.16. The van der Waals surface area contributed by atoms with Gasteiger partial charge in [0.1, 0.15) is 0 Å². The highest BCUT2D eigenvalue weighted by atomic mass is 19.4. The van der Waals surface area contributed by atoms with E-state index >= 15 is 0 Å². The molecule has 1 amide bonds. The van der Waals surface area contributed by atoms with Crippen LogP contribution >= 0.6 is 0 Å². The van der Waals surface area contributed by atoms with Gasteiger partial charge in [0.05, 0.1) is 11.8 Å². The number of halogens is 3. The third-order valence-electron chi connectivity index (χ3n) is 2.54. The minimum atomic E-state index is -4.54. The summed E-state index contributed by atoms with van der Waals surface area (Å²) >= 11 is 0. The van der Waals surface area contributed by atoms with Crippen molar-refractivity contribution in [3.63, 3.8) is 0 Å². The molecular formula is C11H10F3N5O. The number of nitrogens with zero attached hydrogens (tertiary/aromatic N) is 2. The average molecular weight is 285 g/mol. The van der Waals surface area contributed by atoms with Crippen molar-refractivity contribution in [2.24, 2.45) is 5.73 Å². The Morgan fingerprint density at radius 1 is 1.40 bits per heavy atom. The van der Waals surface area contributed by atoms with E-state index in [4.69, 9.17) is 5.73 Å². The molecule has 2 aromatic rings. The molecule has 1 aromatic heterocycles. The Balaban J connectivity index is 2.28. The molecule has 1 aromatic carbocycles. The molecular weight excluding hydrogens is 275 g/mol. The van der Waals surface area contributed by atoms with E-state index in [0.29, 0.717) is 0 Å². The van der Waals surface area contributed by atoms with Crippen LogP contribution < -0.4 is 11.1 Å². The summed E-state index contributed by atoms with van der Waals surface area (Å²) in [6, 6.07) is 3.40. The van der Waals surface area contributed by atoms with Crippen LogP contribution in [-0.2, 0) is 12.7 Å². The van der Waals surface area contributed by atoms with E-state index in [1.54, 1.807) is 0 Å². The van der Waals surface area contributed by atoms with Crippen molar-refractivity contribution in [3.8, 4) is 0 Å². The molecule has 0 spiro atoms. The molecule has 6 nitrogen and oxygen atoms in total. The van der Waals surface area contributed by atoms with Gasteiger partial charge >= 0.3 is 6.18 Å². The first-order valence-electron chi connectivity index (χ1n) is 5.49. The monoisotopic (exact) mass is 285 g/mol. The first-order valence-corrected chi connectivity index (χ1v) is 5.49. The van der Waals surface area contributed by atoms with Gasteiger partial charge in [0.2, 0.25) is 0 Å². The average Bonchev–Trinajstić information content (AvgIpc) is 2.91. The highest BCUT2D eigenvalue weighted by Gasteiger charge is 2.33. The number of amides is 1. The molecule has 4 N–H and O–H groups in total. The molecule has 0 saturated carbocycles. The summed E-state index contributed by atoms with van der Waals surface area (Å²) in [5.74, 6) is -0.660. The number of nitrogens with two attached hydrogens (primary N) is 1. The summed E-state index contributed by atoms with van der Waals surface area (Å²) in [5.41, 5.74) is 4.32. The largest absolute Gasteiger partial charge is 0.416 e. The van der Waals surface area contributed by atoms with E-state index < -0.39 is 17.6 Å². The summed E-state index contributed by atoms with van der Waals surface area (Å²) in [7, 11) is 0. The van der Waals surface area contributed by atoms with Crippen LogP contribution in [0.15, 0.2) is 24.4 Å². The highest BCUT2D eigenvalue weighted by molar-refractivity contribution is 6.02. The summed E-state index contributed by atoms with van der Waals surface area (Å²) in [4.78, 5) is 11.7. The van der Waals surface area contributed by atoms with Gasteiger partial charge < -0.3 is 11.1 Å². The van der Waals surface area contributed by atoms with Crippen molar-refractivity contribution >= 4 is 11.6 Å². The smallest absolute Gasteiger partial charge is 0.326 e. The number of carbonyl (C=O) groups is 1. The molecule has 0 radical (unpaired) electrons. The number of benzene rings is 1. The van der Waals surface area contributed by atoms with E-state index in [2.05, 4.69) is 20.7 Å². The van der Waals surface area contributed by atoms with Gasteiger partial charge in [-0.2, -0.15) is 28.6 Å². The fourth-order valence-corrected chi connectivity index (χ4v) is 1.60. The molecule has 0 atom stereocenters. The number of aromatic amines is 1. The zero-order chi connectivity index (χ0) is 14.8. The number of anilines is 1. The molecule has 0 aliphatic carbocycles. The van der Waals surface area contributed by atoms with Gasteiger partial charge in [-0.25, -0.2) is 0 Å². The van der Waals surface area contributed by atoms with Gasteiger partial charge in [-0.3, -0.25) is 4.79 Å². The summed E-state index contributed by atoms with van der Waals surface area (Å²) in [5, 5.41) is 11.5. The number of rotatable bonds is 3. The summed E-state index contributed by atoms with van der Waals surface area (Å²) in [6.45, 7) is -0.244. The third-order valence-corrected chi connectivity index (χ3v) is 2.54. The van der Waals surface area contributed by atoms with E-state index in [1.807, 2.05) is 0 Å².